The molecule has 0 saturated carbocycles. The summed E-state index contributed by atoms with van der Waals surface area (Å²) in [7, 11) is -0.768. The van der Waals surface area contributed by atoms with Crippen LogP contribution in [-0.4, -0.2) is 53.7 Å². The largest absolute Gasteiger partial charge is 0.389 e. The highest BCUT2D eigenvalue weighted by Gasteiger charge is 2.03. The van der Waals surface area contributed by atoms with E-state index in [1.807, 2.05) is 0 Å². The monoisotopic (exact) mass is 293 g/mol. The van der Waals surface area contributed by atoms with Crippen LogP contribution in [-0.2, 0) is 15.5 Å². The Labute approximate surface area is 120 Å². The van der Waals surface area contributed by atoms with E-state index in [-0.39, 0.29) is 0 Å². The first-order valence-electron chi connectivity index (χ1n) is 7.43. The van der Waals surface area contributed by atoms with Gasteiger partial charge in [-0.05, 0) is 6.42 Å². The second-order valence-corrected chi connectivity index (χ2v) is 6.53. The van der Waals surface area contributed by atoms with Crippen molar-refractivity contribution < 1.29 is 14.1 Å². The predicted molar refractivity (Wildman–Crippen MR) is 82.0 cm³/mol. The summed E-state index contributed by atoms with van der Waals surface area (Å²) in [6.45, 7) is 4.53. The highest BCUT2D eigenvalue weighted by Crippen LogP contribution is 2.04. The molecule has 116 valence electrons. The maximum absolute atomic E-state index is 10.8. The minimum Gasteiger partial charge on any atom is -0.389 e. The third kappa shape index (κ3) is 16.0. The molecule has 2 N–H and O–H groups in total. The fourth-order valence-corrected chi connectivity index (χ4v) is 2.18. The first-order chi connectivity index (χ1) is 9.16. The van der Waals surface area contributed by atoms with E-state index in [0.29, 0.717) is 25.4 Å². The molecule has 2 unspecified atom stereocenters. The standard InChI is InChI=1S/C14H31NO3S/c1-3-4-5-6-7-8-10-18-13-14(16)12-15-9-11-19(2)17/h14-16H,3-13H2,1-2H3. The third-order valence-electron chi connectivity index (χ3n) is 2.90. The minimum absolute atomic E-state index is 0.386. The van der Waals surface area contributed by atoms with Crippen molar-refractivity contribution >= 4 is 10.8 Å². The van der Waals surface area contributed by atoms with Gasteiger partial charge in [0.25, 0.3) is 0 Å². The van der Waals surface area contributed by atoms with Crippen LogP contribution in [0.4, 0.5) is 0 Å². The topological polar surface area (TPSA) is 58.6 Å². The van der Waals surface area contributed by atoms with Gasteiger partial charge in [-0.3, -0.25) is 4.21 Å². The summed E-state index contributed by atoms with van der Waals surface area (Å²) in [4.78, 5) is 0. The molecule has 0 spiro atoms. The lowest BCUT2D eigenvalue weighted by molar-refractivity contribution is 0.0357. The van der Waals surface area contributed by atoms with E-state index in [4.69, 9.17) is 4.74 Å². The van der Waals surface area contributed by atoms with Gasteiger partial charge in [-0.2, -0.15) is 0 Å². The highest BCUT2D eigenvalue weighted by molar-refractivity contribution is 7.84. The average molecular weight is 293 g/mol. The molecule has 2 atom stereocenters. The summed E-state index contributed by atoms with van der Waals surface area (Å²) in [5.74, 6) is 0.630. The molecular formula is C14H31NO3S. The summed E-state index contributed by atoms with van der Waals surface area (Å²) in [5, 5.41) is 12.7. The number of nitrogens with one attached hydrogen (secondary N) is 1. The number of hydrogen-bond donors (Lipinski definition) is 2. The Kier molecular flexibility index (Phi) is 14.5. The molecule has 0 fully saturated rings. The second-order valence-electron chi connectivity index (χ2n) is 4.98. The Morgan fingerprint density at radius 1 is 1.21 bits per heavy atom. The highest BCUT2D eigenvalue weighted by atomic mass is 32.2. The van der Waals surface area contributed by atoms with Gasteiger partial charge in [-0.25, -0.2) is 0 Å². The summed E-state index contributed by atoms with van der Waals surface area (Å²) >= 11 is 0. The van der Waals surface area contributed by atoms with Crippen LogP contribution in [0.3, 0.4) is 0 Å². The van der Waals surface area contributed by atoms with E-state index < -0.39 is 16.9 Å². The van der Waals surface area contributed by atoms with Crippen LogP contribution in [0.15, 0.2) is 0 Å². The Balaban J connectivity index is 3.15. The number of rotatable bonds is 14. The Morgan fingerprint density at radius 2 is 1.89 bits per heavy atom. The Hall–Kier alpha value is 0.0300. The molecule has 5 heteroatoms. The molecule has 0 aliphatic rings. The molecule has 0 aromatic rings. The third-order valence-corrected chi connectivity index (χ3v) is 3.68. The van der Waals surface area contributed by atoms with Crippen molar-refractivity contribution in [2.75, 3.05) is 38.3 Å². The number of unbranched alkanes of at least 4 members (excludes halogenated alkanes) is 5. The van der Waals surface area contributed by atoms with Gasteiger partial charge in [-0.15, -0.1) is 0 Å². The molecule has 4 nitrogen and oxygen atoms in total. The molecule has 0 rings (SSSR count). The molecule has 0 aromatic carbocycles. The summed E-state index contributed by atoms with van der Waals surface area (Å²) < 4.78 is 16.2. The van der Waals surface area contributed by atoms with Gasteiger partial charge in [0.15, 0.2) is 0 Å². The van der Waals surface area contributed by atoms with Crippen molar-refractivity contribution in [2.45, 2.75) is 51.6 Å². The maximum Gasteiger partial charge on any atom is 0.0897 e. The van der Waals surface area contributed by atoms with Gasteiger partial charge in [0, 0.05) is 42.5 Å². The van der Waals surface area contributed by atoms with Gasteiger partial charge >= 0.3 is 0 Å². The molecule has 19 heavy (non-hydrogen) atoms. The zero-order valence-corrected chi connectivity index (χ0v) is 13.3. The first kappa shape index (κ1) is 19.0. The zero-order chi connectivity index (χ0) is 14.3. The van der Waals surface area contributed by atoms with Crippen molar-refractivity contribution in [3.8, 4) is 0 Å². The second kappa shape index (κ2) is 14.4. The van der Waals surface area contributed by atoms with Gasteiger partial charge in [0.05, 0.1) is 12.7 Å². The van der Waals surface area contributed by atoms with Crippen molar-refractivity contribution in [1.29, 1.82) is 0 Å². The van der Waals surface area contributed by atoms with Crippen molar-refractivity contribution in [3.05, 3.63) is 0 Å². The van der Waals surface area contributed by atoms with E-state index in [9.17, 15) is 9.32 Å². The molecular weight excluding hydrogens is 262 g/mol. The lowest BCUT2D eigenvalue weighted by atomic mass is 10.1. The van der Waals surface area contributed by atoms with E-state index >= 15 is 0 Å². The van der Waals surface area contributed by atoms with Gasteiger partial charge in [0.2, 0.25) is 0 Å². The minimum atomic E-state index is -0.768. The number of aliphatic hydroxyl groups excluding tert-OH is 1. The quantitative estimate of drug-likeness (QED) is 0.479. The predicted octanol–water partition coefficient (Wildman–Crippen LogP) is 1.69. The van der Waals surface area contributed by atoms with Crippen molar-refractivity contribution in [3.63, 3.8) is 0 Å². The smallest absolute Gasteiger partial charge is 0.0897 e. The van der Waals surface area contributed by atoms with E-state index in [1.54, 1.807) is 6.26 Å². The fourth-order valence-electron chi connectivity index (χ4n) is 1.75. The molecule has 0 radical (unpaired) electrons. The van der Waals surface area contributed by atoms with Crippen LogP contribution >= 0.6 is 0 Å². The van der Waals surface area contributed by atoms with E-state index in [1.165, 1.54) is 32.1 Å². The van der Waals surface area contributed by atoms with Crippen molar-refractivity contribution in [1.82, 2.24) is 5.32 Å². The van der Waals surface area contributed by atoms with E-state index in [0.717, 1.165) is 13.0 Å². The summed E-state index contributed by atoms with van der Waals surface area (Å²) in [6, 6.07) is 0. The lowest BCUT2D eigenvalue weighted by Crippen LogP contribution is -2.32. The Bertz CT molecular complexity index is 215. The van der Waals surface area contributed by atoms with Crippen LogP contribution in [0, 0.1) is 0 Å². The molecule has 0 aromatic heterocycles. The van der Waals surface area contributed by atoms with Crippen LogP contribution in [0.5, 0.6) is 0 Å². The SMILES string of the molecule is CCCCCCCCOCC(O)CNCCS(C)=O. The Morgan fingerprint density at radius 3 is 2.58 bits per heavy atom. The van der Waals surface area contributed by atoms with Gasteiger partial charge in [-0.1, -0.05) is 39.0 Å². The number of aliphatic hydroxyl groups is 1. The number of ether oxygens (including phenoxy) is 1. The van der Waals surface area contributed by atoms with Crippen LogP contribution in [0.25, 0.3) is 0 Å². The average Bonchev–Trinajstić information content (AvgIpc) is 2.37. The van der Waals surface area contributed by atoms with Crippen LogP contribution in [0.1, 0.15) is 45.4 Å². The fraction of sp³-hybridized carbons (Fsp3) is 1.00. The van der Waals surface area contributed by atoms with Gasteiger partial charge < -0.3 is 15.2 Å². The normalized spacial score (nSPS) is 14.5. The van der Waals surface area contributed by atoms with Gasteiger partial charge in [0.1, 0.15) is 0 Å². The molecule has 0 aliphatic heterocycles. The lowest BCUT2D eigenvalue weighted by Gasteiger charge is -2.12. The summed E-state index contributed by atoms with van der Waals surface area (Å²) in [6.07, 6.45) is 8.73. The molecule has 0 bridgehead atoms. The number of hydrogen-bond acceptors (Lipinski definition) is 4. The molecule has 0 amide bonds. The molecule has 0 heterocycles. The molecule has 0 saturated heterocycles. The molecule has 0 aliphatic carbocycles. The van der Waals surface area contributed by atoms with Crippen LogP contribution in [0.2, 0.25) is 0 Å². The zero-order valence-electron chi connectivity index (χ0n) is 12.5. The van der Waals surface area contributed by atoms with E-state index in [2.05, 4.69) is 12.2 Å². The van der Waals surface area contributed by atoms with Crippen LogP contribution < -0.4 is 5.32 Å². The summed E-state index contributed by atoms with van der Waals surface area (Å²) in [5.41, 5.74) is 0. The van der Waals surface area contributed by atoms with Crippen molar-refractivity contribution in [2.24, 2.45) is 0 Å². The maximum atomic E-state index is 10.8. The first-order valence-corrected chi connectivity index (χ1v) is 9.16.